The standard InChI is InChI=1S/C19H23ClN2O5S/c1-22(12-14-27-17-7-5-16(20)6-8-17)19(23)15-3-9-18(10-4-15)28(24,25)21-11-13-26-2/h3-10,21H,11-14H2,1-2H3. The van der Waals surface area contributed by atoms with E-state index in [0.717, 1.165) is 0 Å². The Morgan fingerprint density at radius 3 is 2.32 bits per heavy atom. The fourth-order valence-electron chi connectivity index (χ4n) is 2.29. The van der Waals surface area contributed by atoms with Gasteiger partial charge >= 0.3 is 0 Å². The summed E-state index contributed by atoms with van der Waals surface area (Å²) in [6.07, 6.45) is 0. The third-order valence-electron chi connectivity index (χ3n) is 3.87. The van der Waals surface area contributed by atoms with Crippen LogP contribution in [0.5, 0.6) is 5.75 Å². The Kier molecular flexibility index (Phi) is 8.25. The maximum atomic E-state index is 12.5. The lowest BCUT2D eigenvalue weighted by Gasteiger charge is -2.18. The first-order valence-corrected chi connectivity index (χ1v) is 10.4. The highest BCUT2D eigenvalue weighted by Gasteiger charge is 2.16. The number of carbonyl (C=O) groups excluding carboxylic acids is 1. The van der Waals surface area contributed by atoms with Crippen molar-refractivity contribution in [3.8, 4) is 5.75 Å². The number of sulfonamides is 1. The molecule has 28 heavy (non-hydrogen) atoms. The number of amides is 1. The minimum atomic E-state index is -3.63. The molecule has 0 aliphatic heterocycles. The van der Waals surface area contributed by atoms with Gasteiger partial charge in [0.05, 0.1) is 18.0 Å². The van der Waals surface area contributed by atoms with E-state index in [1.54, 1.807) is 31.3 Å². The molecule has 0 aromatic heterocycles. The van der Waals surface area contributed by atoms with Crippen LogP contribution in [0.15, 0.2) is 53.4 Å². The van der Waals surface area contributed by atoms with Crippen LogP contribution in [0.2, 0.25) is 5.02 Å². The van der Waals surface area contributed by atoms with E-state index in [1.165, 1.54) is 36.3 Å². The van der Waals surface area contributed by atoms with Crippen molar-refractivity contribution in [2.45, 2.75) is 4.90 Å². The van der Waals surface area contributed by atoms with Crippen LogP contribution >= 0.6 is 11.6 Å². The predicted molar refractivity (Wildman–Crippen MR) is 107 cm³/mol. The molecule has 2 rings (SSSR count). The average molecular weight is 427 g/mol. The molecule has 0 atom stereocenters. The van der Waals surface area contributed by atoms with Crippen LogP contribution in [-0.2, 0) is 14.8 Å². The lowest BCUT2D eigenvalue weighted by atomic mass is 10.2. The molecule has 0 fully saturated rings. The van der Waals surface area contributed by atoms with Gasteiger partial charge in [-0.05, 0) is 48.5 Å². The van der Waals surface area contributed by atoms with Crippen LogP contribution in [-0.4, -0.2) is 59.7 Å². The molecule has 0 aliphatic rings. The Hall–Kier alpha value is -2.13. The molecule has 0 unspecified atom stereocenters. The fourth-order valence-corrected chi connectivity index (χ4v) is 3.43. The highest BCUT2D eigenvalue weighted by atomic mass is 35.5. The molecule has 0 saturated heterocycles. The number of benzene rings is 2. The minimum absolute atomic E-state index is 0.0916. The zero-order chi connectivity index (χ0) is 20.6. The average Bonchev–Trinajstić information content (AvgIpc) is 2.69. The number of rotatable bonds is 10. The van der Waals surface area contributed by atoms with Crippen LogP contribution in [0.25, 0.3) is 0 Å². The Bertz CT molecular complexity index is 870. The van der Waals surface area contributed by atoms with Gasteiger partial charge in [0, 0.05) is 31.3 Å². The monoisotopic (exact) mass is 426 g/mol. The van der Waals surface area contributed by atoms with Gasteiger partial charge in [0.15, 0.2) is 0 Å². The number of likely N-dealkylation sites (N-methyl/N-ethyl adjacent to an activating group) is 1. The highest BCUT2D eigenvalue weighted by Crippen LogP contribution is 2.16. The van der Waals surface area contributed by atoms with E-state index in [-0.39, 0.29) is 24.0 Å². The number of ether oxygens (including phenoxy) is 2. The van der Waals surface area contributed by atoms with Crippen molar-refractivity contribution in [2.24, 2.45) is 0 Å². The summed E-state index contributed by atoms with van der Waals surface area (Å²) in [4.78, 5) is 14.1. The second-order valence-electron chi connectivity index (χ2n) is 5.94. The Morgan fingerprint density at radius 1 is 1.07 bits per heavy atom. The summed E-state index contributed by atoms with van der Waals surface area (Å²) in [5.74, 6) is 0.441. The first-order valence-electron chi connectivity index (χ1n) is 8.56. The van der Waals surface area contributed by atoms with Crippen LogP contribution < -0.4 is 9.46 Å². The van der Waals surface area contributed by atoms with E-state index in [2.05, 4.69) is 4.72 Å². The lowest BCUT2D eigenvalue weighted by molar-refractivity contribution is 0.0773. The second-order valence-corrected chi connectivity index (χ2v) is 8.15. The molecular formula is C19H23ClN2O5S. The van der Waals surface area contributed by atoms with Gasteiger partial charge < -0.3 is 14.4 Å². The topological polar surface area (TPSA) is 84.9 Å². The van der Waals surface area contributed by atoms with E-state index >= 15 is 0 Å². The van der Waals surface area contributed by atoms with E-state index in [1.807, 2.05) is 0 Å². The lowest BCUT2D eigenvalue weighted by Crippen LogP contribution is -2.31. The molecule has 0 heterocycles. The van der Waals surface area contributed by atoms with Gasteiger partial charge in [-0.2, -0.15) is 0 Å². The Morgan fingerprint density at radius 2 is 1.71 bits per heavy atom. The summed E-state index contributed by atoms with van der Waals surface area (Å²) in [6, 6.07) is 12.7. The summed E-state index contributed by atoms with van der Waals surface area (Å²) in [6.45, 7) is 1.15. The van der Waals surface area contributed by atoms with Crippen LogP contribution in [0, 0.1) is 0 Å². The van der Waals surface area contributed by atoms with Crippen molar-refractivity contribution in [1.82, 2.24) is 9.62 Å². The van der Waals surface area contributed by atoms with Gasteiger partial charge in [0.25, 0.3) is 5.91 Å². The Labute approximate surface area is 170 Å². The summed E-state index contributed by atoms with van der Waals surface area (Å²) in [7, 11) is -0.478. The largest absolute Gasteiger partial charge is 0.492 e. The zero-order valence-corrected chi connectivity index (χ0v) is 17.3. The van der Waals surface area contributed by atoms with Gasteiger partial charge in [-0.3, -0.25) is 4.79 Å². The van der Waals surface area contributed by atoms with E-state index in [4.69, 9.17) is 21.1 Å². The van der Waals surface area contributed by atoms with E-state index < -0.39 is 10.0 Å². The van der Waals surface area contributed by atoms with Gasteiger partial charge in [-0.15, -0.1) is 0 Å². The van der Waals surface area contributed by atoms with Gasteiger partial charge in [-0.1, -0.05) is 11.6 Å². The fraction of sp³-hybridized carbons (Fsp3) is 0.316. The number of nitrogens with zero attached hydrogens (tertiary/aromatic N) is 1. The Balaban J connectivity index is 1.89. The highest BCUT2D eigenvalue weighted by molar-refractivity contribution is 7.89. The molecule has 152 valence electrons. The number of hydrogen-bond donors (Lipinski definition) is 1. The quantitative estimate of drug-likeness (QED) is 0.590. The minimum Gasteiger partial charge on any atom is -0.492 e. The normalized spacial score (nSPS) is 11.2. The second kappa shape index (κ2) is 10.4. The number of nitrogens with one attached hydrogen (secondary N) is 1. The third kappa shape index (κ3) is 6.49. The molecule has 1 amide bonds. The molecule has 9 heteroatoms. The first-order chi connectivity index (χ1) is 13.3. The number of methoxy groups -OCH3 is 1. The third-order valence-corrected chi connectivity index (χ3v) is 5.59. The maximum Gasteiger partial charge on any atom is 0.253 e. The predicted octanol–water partition coefficient (Wildman–Crippen LogP) is 2.42. The molecular weight excluding hydrogens is 404 g/mol. The van der Waals surface area contributed by atoms with Gasteiger partial charge in [0.2, 0.25) is 10.0 Å². The van der Waals surface area contributed by atoms with Crippen molar-refractivity contribution < 1.29 is 22.7 Å². The maximum absolute atomic E-state index is 12.5. The van der Waals surface area contributed by atoms with Crippen LogP contribution in [0.4, 0.5) is 0 Å². The smallest absolute Gasteiger partial charge is 0.253 e. The van der Waals surface area contributed by atoms with Gasteiger partial charge in [-0.25, -0.2) is 13.1 Å². The van der Waals surface area contributed by atoms with Gasteiger partial charge in [0.1, 0.15) is 12.4 Å². The van der Waals surface area contributed by atoms with E-state index in [0.29, 0.717) is 29.5 Å². The van der Waals surface area contributed by atoms with Crippen molar-refractivity contribution >= 4 is 27.5 Å². The SMILES string of the molecule is COCCNS(=O)(=O)c1ccc(C(=O)N(C)CCOc2ccc(Cl)cc2)cc1. The number of hydrogen-bond acceptors (Lipinski definition) is 5. The van der Waals surface area contributed by atoms with Crippen LogP contribution in [0.3, 0.4) is 0 Å². The van der Waals surface area contributed by atoms with Crippen LogP contribution in [0.1, 0.15) is 10.4 Å². The summed E-state index contributed by atoms with van der Waals surface area (Å²) < 4.78 is 37.1. The van der Waals surface area contributed by atoms with Crippen molar-refractivity contribution in [3.63, 3.8) is 0 Å². The molecule has 0 aliphatic carbocycles. The molecule has 0 spiro atoms. The number of halogens is 1. The molecule has 0 bridgehead atoms. The molecule has 1 N–H and O–H groups in total. The van der Waals surface area contributed by atoms with Crippen molar-refractivity contribution in [2.75, 3.05) is 40.5 Å². The first kappa shape index (κ1) is 22.2. The molecule has 2 aromatic carbocycles. The summed E-state index contributed by atoms with van der Waals surface area (Å²) in [5, 5.41) is 0.624. The molecule has 2 aromatic rings. The number of carbonyl (C=O) groups is 1. The van der Waals surface area contributed by atoms with Crippen molar-refractivity contribution in [1.29, 1.82) is 0 Å². The molecule has 0 radical (unpaired) electrons. The summed E-state index contributed by atoms with van der Waals surface area (Å²) in [5.41, 5.74) is 0.393. The molecule has 7 nitrogen and oxygen atoms in total. The van der Waals surface area contributed by atoms with E-state index in [9.17, 15) is 13.2 Å². The summed E-state index contributed by atoms with van der Waals surface area (Å²) >= 11 is 5.82. The van der Waals surface area contributed by atoms with Crippen molar-refractivity contribution in [3.05, 3.63) is 59.1 Å². The zero-order valence-electron chi connectivity index (χ0n) is 15.7. The molecule has 0 saturated carbocycles.